The lowest BCUT2D eigenvalue weighted by molar-refractivity contribution is -0.374. The number of ether oxygens (including phenoxy) is 2. The van der Waals surface area contributed by atoms with Crippen LogP contribution < -0.4 is 0 Å². The van der Waals surface area contributed by atoms with Crippen LogP contribution in [0, 0.1) is 81.3 Å². The Morgan fingerprint density at radius 3 is 1.29 bits per heavy atom. The van der Waals surface area contributed by atoms with Crippen molar-refractivity contribution in [3.8, 4) is 0 Å². The molecule has 2 N–H and O–H groups in total. The van der Waals surface area contributed by atoms with Crippen molar-refractivity contribution >= 4 is 11.9 Å². The third-order valence-electron chi connectivity index (χ3n) is 19.1. The first-order valence-electron chi connectivity index (χ1n) is 24.7. The van der Waals surface area contributed by atoms with E-state index in [1.807, 2.05) is 27.7 Å². The van der Waals surface area contributed by atoms with E-state index in [-0.39, 0.29) is 65.3 Å². The van der Waals surface area contributed by atoms with E-state index in [1.54, 1.807) is 0 Å². The highest BCUT2D eigenvalue weighted by Gasteiger charge is 2.73. The third-order valence-corrected chi connectivity index (χ3v) is 19.1. The minimum Gasteiger partial charge on any atom is -0.461 e. The van der Waals surface area contributed by atoms with Crippen molar-refractivity contribution in [2.45, 2.75) is 212 Å². The molecule has 8 fully saturated rings. The molecule has 0 heterocycles. The molecule has 0 aromatic carbocycles. The normalized spacial score (nSPS) is 35.2. The Kier molecular flexibility index (Phi) is 16.1. The molecule has 0 radical (unpaired) electrons. The fourth-order valence-electron chi connectivity index (χ4n) is 13.9. The van der Waals surface area contributed by atoms with Crippen LogP contribution in [0.25, 0.3) is 0 Å². The van der Waals surface area contributed by atoms with Crippen molar-refractivity contribution in [3.63, 3.8) is 0 Å². The van der Waals surface area contributed by atoms with Crippen LogP contribution in [0.1, 0.15) is 159 Å². The Morgan fingerprint density at radius 1 is 0.514 bits per heavy atom. The van der Waals surface area contributed by atoms with E-state index in [9.17, 15) is 85.7 Å². The van der Waals surface area contributed by atoms with E-state index in [0.29, 0.717) is 25.7 Å². The quantitative estimate of drug-likeness (QED) is 0.158. The molecule has 70 heavy (non-hydrogen) atoms. The predicted octanol–water partition coefficient (Wildman–Crippen LogP) is 14.3. The van der Waals surface area contributed by atoms with Gasteiger partial charge in [-0.3, -0.25) is 9.59 Å². The maximum Gasteiger partial charge on any atom is 0.426 e. The molecule has 408 valence electrons. The van der Waals surface area contributed by atoms with Gasteiger partial charge in [0.15, 0.2) is 5.41 Å². The Labute approximate surface area is 400 Å². The monoisotopic (exact) mass is 1040 g/mol. The molecule has 8 rings (SSSR count). The molecule has 0 aromatic heterocycles. The van der Waals surface area contributed by atoms with Gasteiger partial charge in [0.1, 0.15) is 11.7 Å². The second-order valence-electron chi connectivity index (χ2n) is 24.0. The zero-order chi connectivity index (χ0) is 53.6. The van der Waals surface area contributed by atoms with Crippen molar-refractivity contribution in [2.24, 2.45) is 81.3 Å². The number of rotatable bonds is 11. The van der Waals surface area contributed by atoms with E-state index in [1.165, 1.54) is 38.5 Å². The molecule has 10 atom stereocenters. The Balaban J connectivity index is 0.000000200. The maximum absolute atomic E-state index is 13.2. The molecule has 0 amide bonds. The van der Waals surface area contributed by atoms with Crippen molar-refractivity contribution in [3.05, 3.63) is 0 Å². The maximum atomic E-state index is 13.2. The first-order valence-corrected chi connectivity index (χ1v) is 24.7. The number of carbonyl (C=O) groups is 2. The van der Waals surface area contributed by atoms with Gasteiger partial charge in [0.25, 0.3) is 11.2 Å². The van der Waals surface area contributed by atoms with Gasteiger partial charge in [0.05, 0.1) is 5.41 Å². The fourth-order valence-corrected chi connectivity index (χ4v) is 13.9. The second kappa shape index (κ2) is 19.2. The molecular weight excluding hydrogens is 970 g/mol. The summed E-state index contributed by atoms with van der Waals surface area (Å²) in [6, 6.07) is 0. The topological polar surface area (TPSA) is 93.1 Å². The van der Waals surface area contributed by atoms with Gasteiger partial charge in [-0.25, -0.2) is 0 Å². The number of alkyl halides is 15. The summed E-state index contributed by atoms with van der Waals surface area (Å²) in [7, 11) is 0. The van der Waals surface area contributed by atoms with Gasteiger partial charge in [0, 0.05) is 5.41 Å². The van der Waals surface area contributed by atoms with Crippen LogP contribution in [0.3, 0.4) is 0 Å². The zero-order valence-corrected chi connectivity index (χ0v) is 41.2. The number of hydrogen-bond acceptors (Lipinski definition) is 6. The van der Waals surface area contributed by atoms with Gasteiger partial charge in [-0.1, -0.05) is 27.7 Å². The predicted molar refractivity (Wildman–Crippen MR) is 225 cm³/mol. The van der Waals surface area contributed by atoms with E-state index in [0.717, 1.165) is 31.1 Å². The fraction of sp³-hybridized carbons (Fsp3) is 0.959. The van der Waals surface area contributed by atoms with Gasteiger partial charge in [0.2, 0.25) is 0 Å². The number of esters is 2. The van der Waals surface area contributed by atoms with Crippen LogP contribution in [0.4, 0.5) is 65.9 Å². The summed E-state index contributed by atoms with van der Waals surface area (Å²) in [5.41, 5.74) is -12.8. The van der Waals surface area contributed by atoms with Crippen molar-refractivity contribution in [1.82, 2.24) is 0 Å². The van der Waals surface area contributed by atoms with Gasteiger partial charge >= 0.3 is 42.8 Å². The van der Waals surface area contributed by atoms with E-state index in [4.69, 9.17) is 9.47 Å². The Bertz CT molecular complexity index is 1790. The molecule has 8 bridgehead atoms. The lowest BCUT2D eigenvalue weighted by Crippen LogP contribution is -2.58. The van der Waals surface area contributed by atoms with Gasteiger partial charge in [-0.2, -0.15) is 65.9 Å². The molecule has 21 heteroatoms. The molecule has 0 aliphatic heterocycles. The standard InChI is InChI=1S/C19H32O2.C17H21F9O3.C13H18F6O/c1-6-17(2,3)16(20)21-18(4,5)19-10-13-7-14(11-19)9-15(8-13)12-19;1-3-13(2,15(18,19)20)12(27)29-11-6-8-4-9(10(11)5-8)7-14(28,16(21,22)23)17(24,25)26;1-6-7(2)10-4-8(6)3-9(10)5-11(20,12(14,15)16)13(17,18)19/h13-15H,6-12H2,1-5H3;8-11,28H,3-7H2,1-2H3;6-10,20H,3-5H2,1-2H3. The SMILES string of the molecule is CC1C2CC(CC(O)(C(F)(F)F)C(F)(F)F)C(C2)C1C.CCC(C)(C(=O)OC1CC2CC(CC(O)(C(F)(F)F)C(F)(F)F)C1C2)C(F)(F)F.CCC(C)(C)C(=O)OC(C)(C)C12CC3CC(CC(C3)C1)C2. The van der Waals surface area contributed by atoms with Crippen LogP contribution in [0.2, 0.25) is 0 Å². The molecule has 0 aromatic rings. The van der Waals surface area contributed by atoms with Crippen molar-refractivity contribution in [2.75, 3.05) is 0 Å². The summed E-state index contributed by atoms with van der Waals surface area (Å²) in [5, 5.41) is 18.7. The summed E-state index contributed by atoms with van der Waals surface area (Å²) in [4.78, 5) is 24.7. The van der Waals surface area contributed by atoms with Crippen LogP contribution in [0.5, 0.6) is 0 Å². The minimum atomic E-state index is -5.98. The average Bonchev–Trinajstić information content (AvgIpc) is 3.97. The molecule has 8 aliphatic carbocycles. The molecule has 0 spiro atoms. The van der Waals surface area contributed by atoms with Crippen molar-refractivity contribution in [1.29, 1.82) is 0 Å². The molecule has 8 aliphatic rings. The van der Waals surface area contributed by atoms with E-state index in [2.05, 4.69) is 20.8 Å². The highest BCUT2D eigenvalue weighted by atomic mass is 19.4. The van der Waals surface area contributed by atoms with Crippen molar-refractivity contribution < 1.29 is 95.1 Å². The minimum absolute atomic E-state index is 0.00857. The number of fused-ring (bicyclic) bond motifs is 4. The Morgan fingerprint density at radius 2 is 0.943 bits per heavy atom. The lowest BCUT2D eigenvalue weighted by atomic mass is 9.46. The molecule has 0 saturated heterocycles. The molecule has 10 unspecified atom stereocenters. The summed E-state index contributed by atoms with van der Waals surface area (Å²) < 4.78 is 205. The lowest BCUT2D eigenvalue weighted by Gasteiger charge is -2.61. The summed E-state index contributed by atoms with van der Waals surface area (Å²) in [6.07, 6.45) is -22.9. The average molecular weight is 1040 g/mol. The summed E-state index contributed by atoms with van der Waals surface area (Å²) in [5.74, 6) is -1.80. The van der Waals surface area contributed by atoms with E-state index < -0.39 is 96.6 Å². The van der Waals surface area contributed by atoms with Crippen LogP contribution in [0.15, 0.2) is 0 Å². The van der Waals surface area contributed by atoms with Crippen LogP contribution in [-0.2, 0) is 19.1 Å². The summed E-state index contributed by atoms with van der Waals surface area (Å²) >= 11 is 0. The van der Waals surface area contributed by atoms with E-state index >= 15 is 0 Å². The smallest absolute Gasteiger partial charge is 0.426 e. The van der Waals surface area contributed by atoms with Gasteiger partial charge < -0.3 is 19.7 Å². The number of carbonyl (C=O) groups excluding carboxylic acids is 2. The number of hydrogen-bond donors (Lipinski definition) is 2. The highest BCUT2D eigenvalue weighted by molar-refractivity contribution is 5.77. The van der Waals surface area contributed by atoms with Crippen LogP contribution in [-0.4, -0.2) is 75.9 Å². The molecule has 8 saturated carbocycles. The first-order chi connectivity index (χ1) is 31.4. The number of halogens is 15. The third kappa shape index (κ3) is 10.8. The summed E-state index contributed by atoms with van der Waals surface area (Å²) in [6.45, 7) is 16.1. The van der Waals surface area contributed by atoms with Gasteiger partial charge in [-0.05, 0) is 196 Å². The second-order valence-corrected chi connectivity index (χ2v) is 24.0. The molecular formula is C49H71F15O6. The largest absolute Gasteiger partial charge is 0.461 e. The van der Waals surface area contributed by atoms with Crippen LogP contribution >= 0.6 is 0 Å². The Hall–Kier alpha value is -2.19. The molecule has 6 nitrogen and oxygen atoms in total. The first kappa shape index (κ1) is 58.7. The number of aliphatic hydroxyl groups is 2. The zero-order valence-electron chi connectivity index (χ0n) is 41.2. The highest BCUT2D eigenvalue weighted by Crippen LogP contribution is 2.65. The van der Waals surface area contributed by atoms with Gasteiger partial charge in [-0.15, -0.1) is 0 Å².